The maximum atomic E-state index is 9.64. The fourth-order valence-electron chi connectivity index (χ4n) is 0.0915. The van der Waals surface area contributed by atoms with Crippen LogP contribution < -0.4 is 0 Å². The predicted molar refractivity (Wildman–Crippen MR) is 20.3 cm³/mol. The first-order chi connectivity index (χ1) is 3.55. The van der Waals surface area contributed by atoms with Crippen LogP contribution in [-0.2, 0) is 31.2 Å². The minimum Gasteiger partial charge on any atom is -0.475 e. The van der Waals surface area contributed by atoms with Crippen LogP contribution in [0.4, 0.5) is 0 Å². The topological polar surface area (TPSA) is 91.7 Å². The van der Waals surface area contributed by atoms with Gasteiger partial charge in [-0.2, -0.15) is 0 Å². The van der Waals surface area contributed by atoms with E-state index in [-0.39, 0.29) is 16.8 Å². The van der Waals surface area contributed by atoms with Gasteiger partial charge in [-0.25, -0.2) is 9.59 Å². The van der Waals surface area contributed by atoms with Crippen molar-refractivity contribution in [2.45, 2.75) is 0 Å². The summed E-state index contributed by atoms with van der Waals surface area (Å²) in [5, 5.41) is 15.2. The Balaban J connectivity index is 0. The van der Waals surface area contributed by atoms with E-state index in [1.165, 1.54) is 0 Å². The van der Waals surface area contributed by atoms with E-state index in [2.05, 4.69) is 0 Å². The van der Waals surface area contributed by atoms with E-state index in [4.69, 9.17) is 10.2 Å². The Morgan fingerprint density at radius 1 is 0.889 bits per heavy atom. The van der Waals surface area contributed by atoms with Gasteiger partial charge in [-0.05, 0) is 0 Å². The van der Waals surface area contributed by atoms with Gasteiger partial charge in [-0.1, -0.05) is 0 Å². The van der Waals surface area contributed by atoms with E-state index in [9.17, 15) is 14.4 Å². The first-order valence-corrected chi connectivity index (χ1v) is 1.56. The maximum Gasteiger partial charge on any atom is 0.384 e. The molecule has 0 bridgehead atoms. The fourth-order valence-corrected chi connectivity index (χ4v) is 0.0915. The number of Topliss-reactive ketones (excluding diaryl/α,β-unsaturated/α-hetero) is 1. The minimum absolute atomic E-state index is 0. The van der Waals surface area contributed by atoms with Crippen LogP contribution in [0, 0.1) is 0 Å². The summed E-state index contributed by atoms with van der Waals surface area (Å²) in [4.78, 5) is 28.5. The summed E-state index contributed by atoms with van der Waals surface area (Å²) in [6, 6.07) is 0. The number of hydrogen-bond acceptors (Lipinski definition) is 3. The predicted octanol–water partition coefficient (Wildman–Crippen LogP) is -1.28. The molecule has 0 aliphatic rings. The molecule has 0 aromatic heterocycles. The number of carboxylic acid groups (broad SMARTS) is 2. The molecule has 0 saturated heterocycles. The van der Waals surface area contributed by atoms with Crippen LogP contribution in [0.15, 0.2) is 0 Å². The molecular formula is C3H2CoO5. The van der Waals surface area contributed by atoms with E-state index in [1.54, 1.807) is 0 Å². The van der Waals surface area contributed by atoms with Gasteiger partial charge in [0.15, 0.2) is 0 Å². The second-order valence-electron chi connectivity index (χ2n) is 0.939. The number of carbonyl (C=O) groups is 3. The molecule has 0 unspecified atom stereocenters. The summed E-state index contributed by atoms with van der Waals surface area (Å²) in [5.74, 6) is -5.71. The van der Waals surface area contributed by atoms with Crippen molar-refractivity contribution < 1.29 is 41.4 Å². The standard InChI is InChI=1S/C3H2O5.Co/c4-1(2(5)6)3(7)8;/h(H,5,6)(H,7,8);. The molecule has 0 spiro atoms. The molecule has 53 valence electrons. The molecule has 0 amide bonds. The molecule has 1 radical (unpaired) electrons. The molecule has 0 aliphatic heterocycles. The van der Waals surface area contributed by atoms with E-state index in [0.717, 1.165) is 0 Å². The summed E-state index contributed by atoms with van der Waals surface area (Å²) in [5.41, 5.74) is 0. The molecule has 0 rings (SSSR count). The second kappa shape index (κ2) is 4.04. The molecule has 0 aromatic carbocycles. The van der Waals surface area contributed by atoms with Crippen LogP contribution in [0.5, 0.6) is 0 Å². The zero-order valence-corrected chi connectivity index (χ0v) is 4.99. The van der Waals surface area contributed by atoms with Gasteiger partial charge in [-0.3, -0.25) is 4.79 Å². The van der Waals surface area contributed by atoms with Crippen molar-refractivity contribution in [2.24, 2.45) is 0 Å². The third-order valence-corrected chi connectivity index (χ3v) is 0.388. The zero-order chi connectivity index (χ0) is 6.73. The van der Waals surface area contributed by atoms with Crippen molar-refractivity contribution in [2.75, 3.05) is 0 Å². The average Bonchev–Trinajstić information content (AvgIpc) is 1.64. The molecule has 6 heteroatoms. The number of hydrogen-bond donors (Lipinski definition) is 2. The number of ketones is 1. The first kappa shape index (κ1) is 11.0. The van der Waals surface area contributed by atoms with E-state index < -0.39 is 17.7 Å². The molecule has 0 aromatic rings. The third-order valence-electron chi connectivity index (χ3n) is 0.388. The Kier molecular flexibility index (Phi) is 4.93. The summed E-state index contributed by atoms with van der Waals surface area (Å²) in [7, 11) is 0. The van der Waals surface area contributed by atoms with Crippen LogP contribution in [0.3, 0.4) is 0 Å². The maximum absolute atomic E-state index is 9.64. The first-order valence-electron chi connectivity index (χ1n) is 1.56. The number of aliphatic carboxylic acids is 2. The minimum atomic E-state index is -1.95. The van der Waals surface area contributed by atoms with Crippen molar-refractivity contribution in [1.82, 2.24) is 0 Å². The molecule has 0 heterocycles. The van der Waals surface area contributed by atoms with Crippen LogP contribution >= 0.6 is 0 Å². The van der Waals surface area contributed by atoms with Gasteiger partial charge in [0.1, 0.15) is 0 Å². The van der Waals surface area contributed by atoms with Gasteiger partial charge in [0, 0.05) is 16.8 Å². The van der Waals surface area contributed by atoms with Gasteiger partial charge < -0.3 is 10.2 Å². The molecule has 9 heavy (non-hydrogen) atoms. The van der Waals surface area contributed by atoms with Gasteiger partial charge in [0.2, 0.25) is 0 Å². The average molecular weight is 177 g/mol. The van der Waals surface area contributed by atoms with Gasteiger partial charge in [-0.15, -0.1) is 0 Å². The van der Waals surface area contributed by atoms with Crippen LogP contribution in [0.2, 0.25) is 0 Å². The second-order valence-corrected chi connectivity index (χ2v) is 0.939. The normalized spacial score (nSPS) is 7.11. The van der Waals surface area contributed by atoms with Crippen molar-refractivity contribution in [1.29, 1.82) is 0 Å². The number of carboxylic acids is 2. The Morgan fingerprint density at radius 2 is 1.11 bits per heavy atom. The molecular weight excluding hydrogens is 175 g/mol. The molecule has 0 aliphatic carbocycles. The molecule has 0 fully saturated rings. The van der Waals surface area contributed by atoms with Gasteiger partial charge in [0.25, 0.3) is 0 Å². The molecule has 0 saturated carbocycles. The molecule has 2 N–H and O–H groups in total. The molecule has 5 nitrogen and oxygen atoms in total. The van der Waals surface area contributed by atoms with Crippen molar-refractivity contribution in [3.63, 3.8) is 0 Å². The van der Waals surface area contributed by atoms with E-state index >= 15 is 0 Å². The summed E-state index contributed by atoms with van der Waals surface area (Å²) in [6.45, 7) is 0. The van der Waals surface area contributed by atoms with Crippen LogP contribution in [0.1, 0.15) is 0 Å². The summed E-state index contributed by atoms with van der Waals surface area (Å²) in [6.07, 6.45) is 0. The summed E-state index contributed by atoms with van der Waals surface area (Å²) < 4.78 is 0. The Hall–Kier alpha value is -0.884. The van der Waals surface area contributed by atoms with Crippen LogP contribution in [0.25, 0.3) is 0 Å². The number of carbonyl (C=O) groups excluding carboxylic acids is 1. The molecule has 0 atom stereocenters. The van der Waals surface area contributed by atoms with Gasteiger partial charge in [0.05, 0.1) is 0 Å². The zero-order valence-electron chi connectivity index (χ0n) is 3.95. The fraction of sp³-hybridized carbons (Fsp3) is 0. The smallest absolute Gasteiger partial charge is 0.384 e. The SMILES string of the molecule is O=C(O)C(=O)C(=O)O.[Co]. The summed E-state index contributed by atoms with van der Waals surface area (Å²) >= 11 is 0. The monoisotopic (exact) mass is 177 g/mol. The van der Waals surface area contributed by atoms with Crippen molar-refractivity contribution in [3.05, 3.63) is 0 Å². The van der Waals surface area contributed by atoms with Crippen molar-refractivity contribution >= 4 is 17.7 Å². The quantitative estimate of drug-likeness (QED) is 0.405. The van der Waals surface area contributed by atoms with Crippen LogP contribution in [-0.4, -0.2) is 27.9 Å². The van der Waals surface area contributed by atoms with Gasteiger partial charge >= 0.3 is 17.7 Å². The third kappa shape index (κ3) is 3.68. The Labute approximate surface area is 59.9 Å². The van der Waals surface area contributed by atoms with E-state index in [1.807, 2.05) is 0 Å². The van der Waals surface area contributed by atoms with E-state index in [0.29, 0.717) is 0 Å². The van der Waals surface area contributed by atoms with Crippen molar-refractivity contribution in [3.8, 4) is 0 Å². The Morgan fingerprint density at radius 3 is 1.11 bits per heavy atom. The Bertz CT molecular complexity index is 134. The number of rotatable bonds is 2. The largest absolute Gasteiger partial charge is 0.475 e.